The van der Waals surface area contributed by atoms with Crippen molar-refractivity contribution in [3.8, 4) is 0 Å². The first-order chi connectivity index (χ1) is 12.6. The van der Waals surface area contributed by atoms with Gasteiger partial charge in [-0.05, 0) is 36.5 Å². The number of ether oxygens (including phenoxy) is 1. The predicted molar refractivity (Wildman–Crippen MR) is 111 cm³/mol. The zero-order chi connectivity index (χ0) is 18.4. The molecule has 1 heterocycles. The second kappa shape index (κ2) is 9.20. The van der Waals surface area contributed by atoms with E-state index in [1.807, 2.05) is 7.05 Å². The number of halogens is 1. The summed E-state index contributed by atoms with van der Waals surface area (Å²) >= 11 is 3.59. The highest BCUT2D eigenvalue weighted by molar-refractivity contribution is 9.10. The summed E-state index contributed by atoms with van der Waals surface area (Å²) < 4.78 is 6.57. The molecule has 0 spiro atoms. The van der Waals surface area contributed by atoms with Gasteiger partial charge in [-0.1, -0.05) is 35.0 Å². The number of aliphatic imine (C=N–C) groups is 1. The second-order valence-corrected chi connectivity index (χ2v) is 8.53. The van der Waals surface area contributed by atoms with Crippen LogP contribution >= 0.6 is 15.9 Å². The Morgan fingerprint density at radius 2 is 2.08 bits per heavy atom. The summed E-state index contributed by atoms with van der Waals surface area (Å²) in [4.78, 5) is 6.89. The molecule has 1 atom stereocenters. The fourth-order valence-electron chi connectivity index (χ4n) is 3.57. The summed E-state index contributed by atoms with van der Waals surface area (Å²) in [6.45, 7) is 9.08. The van der Waals surface area contributed by atoms with Gasteiger partial charge in [0.2, 0.25) is 0 Å². The molecule has 1 aliphatic heterocycles. The largest absolute Gasteiger partial charge is 0.379 e. The Labute approximate surface area is 165 Å². The molecule has 2 N–H and O–H groups in total. The summed E-state index contributed by atoms with van der Waals surface area (Å²) in [6, 6.07) is 8.69. The Morgan fingerprint density at radius 1 is 1.31 bits per heavy atom. The van der Waals surface area contributed by atoms with E-state index in [-0.39, 0.29) is 5.41 Å². The van der Waals surface area contributed by atoms with Crippen LogP contribution in [-0.2, 0) is 10.2 Å². The average molecular weight is 423 g/mol. The van der Waals surface area contributed by atoms with Crippen LogP contribution < -0.4 is 10.6 Å². The van der Waals surface area contributed by atoms with Crippen molar-refractivity contribution in [2.24, 2.45) is 10.9 Å². The molecule has 5 nitrogen and oxygen atoms in total. The highest BCUT2D eigenvalue weighted by Crippen LogP contribution is 2.48. The number of hydrogen-bond donors (Lipinski definition) is 2. The van der Waals surface area contributed by atoms with E-state index in [1.54, 1.807) is 0 Å². The molecule has 26 heavy (non-hydrogen) atoms. The Balaban J connectivity index is 1.43. The maximum Gasteiger partial charge on any atom is 0.191 e. The van der Waals surface area contributed by atoms with E-state index < -0.39 is 0 Å². The molecule has 1 unspecified atom stereocenters. The highest BCUT2D eigenvalue weighted by atomic mass is 79.9. The topological polar surface area (TPSA) is 48.9 Å². The smallest absolute Gasteiger partial charge is 0.191 e. The van der Waals surface area contributed by atoms with Gasteiger partial charge in [0.25, 0.3) is 0 Å². The van der Waals surface area contributed by atoms with Gasteiger partial charge in [0.1, 0.15) is 0 Å². The van der Waals surface area contributed by atoms with E-state index in [9.17, 15) is 0 Å². The monoisotopic (exact) mass is 422 g/mol. The van der Waals surface area contributed by atoms with Gasteiger partial charge in [-0.25, -0.2) is 0 Å². The molecule has 1 saturated heterocycles. The predicted octanol–water partition coefficient (Wildman–Crippen LogP) is 2.61. The Hall–Kier alpha value is -1.11. The van der Waals surface area contributed by atoms with Gasteiger partial charge in [0.05, 0.1) is 13.2 Å². The van der Waals surface area contributed by atoms with E-state index >= 15 is 0 Å². The zero-order valence-corrected chi connectivity index (χ0v) is 17.5. The minimum Gasteiger partial charge on any atom is -0.379 e. The molecule has 0 radical (unpaired) electrons. The van der Waals surface area contributed by atoms with E-state index in [1.165, 1.54) is 18.4 Å². The van der Waals surface area contributed by atoms with Crippen LogP contribution in [0.3, 0.4) is 0 Å². The Morgan fingerprint density at radius 3 is 2.73 bits per heavy atom. The fourth-order valence-corrected chi connectivity index (χ4v) is 3.97. The van der Waals surface area contributed by atoms with Crippen LogP contribution in [0.25, 0.3) is 0 Å². The van der Waals surface area contributed by atoms with Crippen LogP contribution in [0.1, 0.15) is 25.3 Å². The minimum absolute atomic E-state index is 0.265. The molecule has 2 aliphatic rings. The normalized spacial score (nSPS) is 21.3. The first-order valence-corrected chi connectivity index (χ1v) is 10.4. The van der Waals surface area contributed by atoms with Gasteiger partial charge >= 0.3 is 0 Å². The number of nitrogens with one attached hydrogen (secondary N) is 2. The van der Waals surface area contributed by atoms with Crippen molar-refractivity contribution in [1.29, 1.82) is 0 Å². The number of hydrogen-bond acceptors (Lipinski definition) is 3. The molecular weight excluding hydrogens is 392 g/mol. The maximum absolute atomic E-state index is 5.42. The van der Waals surface area contributed by atoms with Crippen LogP contribution in [-0.4, -0.2) is 63.8 Å². The molecule has 0 aromatic heterocycles. The minimum atomic E-state index is 0.265. The third-order valence-corrected chi connectivity index (χ3v) is 5.89. The SMILES string of the molecule is CN=C(NCC(C)CN1CCOCC1)NCC1(c2cccc(Br)c2)CC1. The van der Waals surface area contributed by atoms with Crippen LogP contribution in [0.5, 0.6) is 0 Å². The van der Waals surface area contributed by atoms with Crippen molar-refractivity contribution >= 4 is 21.9 Å². The van der Waals surface area contributed by atoms with Gasteiger partial charge in [-0.2, -0.15) is 0 Å². The Bertz CT molecular complexity index is 612. The third-order valence-electron chi connectivity index (χ3n) is 5.40. The number of nitrogens with zero attached hydrogens (tertiary/aromatic N) is 2. The molecule has 1 aliphatic carbocycles. The summed E-state index contributed by atoms with van der Waals surface area (Å²) in [7, 11) is 1.85. The fraction of sp³-hybridized carbons (Fsp3) is 0.650. The van der Waals surface area contributed by atoms with Gasteiger partial charge in [0.15, 0.2) is 5.96 Å². The lowest BCUT2D eigenvalue weighted by molar-refractivity contribution is 0.0320. The van der Waals surface area contributed by atoms with Crippen molar-refractivity contribution in [2.75, 3.05) is 53.0 Å². The van der Waals surface area contributed by atoms with Crippen molar-refractivity contribution in [3.63, 3.8) is 0 Å². The summed E-state index contributed by atoms with van der Waals surface area (Å²) in [5, 5.41) is 7.03. The maximum atomic E-state index is 5.42. The molecule has 3 rings (SSSR count). The zero-order valence-electron chi connectivity index (χ0n) is 15.9. The van der Waals surface area contributed by atoms with Crippen LogP contribution in [0.4, 0.5) is 0 Å². The first kappa shape index (κ1) is 19.6. The van der Waals surface area contributed by atoms with Crippen LogP contribution in [0.2, 0.25) is 0 Å². The second-order valence-electron chi connectivity index (χ2n) is 7.62. The molecule has 0 amide bonds. The van der Waals surface area contributed by atoms with Crippen molar-refractivity contribution < 1.29 is 4.74 Å². The van der Waals surface area contributed by atoms with Crippen molar-refractivity contribution in [3.05, 3.63) is 34.3 Å². The van der Waals surface area contributed by atoms with E-state index in [0.29, 0.717) is 5.92 Å². The lowest BCUT2D eigenvalue weighted by atomic mass is 9.96. The lowest BCUT2D eigenvalue weighted by Gasteiger charge is -2.29. The quantitative estimate of drug-likeness (QED) is 0.523. The van der Waals surface area contributed by atoms with E-state index in [4.69, 9.17) is 4.74 Å². The van der Waals surface area contributed by atoms with Crippen LogP contribution in [0, 0.1) is 5.92 Å². The van der Waals surface area contributed by atoms with E-state index in [0.717, 1.165) is 56.4 Å². The lowest BCUT2D eigenvalue weighted by Crippen LogP contribution is -2.45. The number of guanidine groups is 1. The third kappa shape index (κ3) is 5.44. The van der Waals surface area contributed by atoms with Gasteiger partial charge in [-0.15, -0.1) is 0 Å². The van der Waals surface area contributed by atoms with Gasteiger partial charge in [-0.3, -0.25) is 9.89 Å². The summed E-state index contributed by atoms with van der Waals surface area (Å²) in [6.07, 6.45) is 2.47. The molecule has 2 fully saturated rings. The number of benzene rings is 1. The number of rotatable bonds is 7. The van der Waals surface area contributed by atoms with Crippen molar-refractivity contribution in [2.45, 2.75) is 25.2 Å². The highest BCUT2D eigenvalue weighted by Gasteiger charge is 2.44. The molecule has 144 valence electrons. The average Bonchev–Trinajstić information content (AvgIpc) is 3.44. The molecule has 1 saturated carbocycles. The molecular formula is C20H31BrN4O. The first-order valence-electron chi connectivity index (χ1n) is 9.62. The standard InChI is InChI=1S/C20H31BrN4O/c1-16(14-25-8-10-26-11-9-25)13-23-19(22-2)24-15-20(6-7-20)17-4-3-5-18(21)12-17/h3-5,12,16H,6-11,13-15H2,1-2H3,(H2,22,23,24). The Kier molecular flexibility index (Phi) is 6.95. The number of morpholine rings is 1. The van der Waals surface area contributed by atoms with Gasteiger partial charge in [0, 0.05) is 49.7 Å². The van der Waals surface area contributed by atoms with Gasteiger partial charge < -0.3 is 15.4 Å². The van der Waals surface area contributed by atoms with Crippen molar-refractivity contribution in [1.82, 2.24) is 15.5 Å². The summed E-state index contributed by atoms with van der Waals surface area (Å²) in [5.74, 6) is 1.48. The molecule has 1 aromatic carbocycles. The van der Waals surface area contributed by atoms with E-state index in [2.05, 4.69) is 67.6 Å². The van der Waals surface area contributed by atoms with Crippen LogP contribution in [0.15, 0.2) is 33.7 Å². The molecule has 6 heteroatoms. The molecule has 0 bridgehead atoms. The summed E-state index contributed by atoms with van der Waals surface area (Å²) in [5.41, 5.74) is 1.68. The molecule has 1 aromatic rings.